The molecule has 0 saturated carbocycles. The van der Waals surface area contributed by atoms with E-state index in [1.54, 1.807) is 23.6 Å². The van der Waals surface area contributed by atoms with Gasteiger partial charge in [0.15, 0.2) is 18.3 Å². The third kappa shape index (κ3) is 4.96. The average Bonchev–Trinajstić information content (AvgIpc) is 3.26. The first kappa shape index (κ1) is 19.1. The van der Waals surface area contributed by atoms with Crippen molar-refractivity contribution in [3.63, 3.8) is 0 Å². The van der Waals surface area contributed by atoms with Crippen LogP contribution < -0.4 is 0 Å². The van der Waals surface area contributed by atoms with Crippen LogP contribution in [-0.2, 0) is 20.7 Å². The Morgan fingerprint density at radius 2 is 2.11 bits per heavy atom. The number of para-hydroxylation sites is 1. The summed E-state index contributed by atoms with van der Waals surface area (Å²) in [6.45, 7) is 1.39. The van der Waals surface area contributed by atoms with Crippen molar-refractivity contribution in [2.75, 3.05) is 6.61 Å². The predicted octanol–water partition coefficient (Wildman–Crippen LogP) is 3.80. The van der Waals surface area contributed by atoms with Crippen molar-refractivity contribution in [2.24, 2.45) is 0 Å². The summed E-state index contributed by atoms with van der Waals surface area (Å²) in [6, 6.07) is 9.83. The van der Waals surface area contributed by atoms with Crippen LogP contribution in [0.4, 0.5) is 0 Å². The first-order chi connectivity index (χ1) is 13.1. The van der Waals surface area contributed by atoms with E-state index in [1.807, 2.05) is 30.3 Å². The van der Waals surface area contributed by atoms with Crippen molar-refractivity contribution < 1.29 is 14.3 Å². The second kappa shape index (κ2) is 8.84. The largest absolute Gasteiger partial charge is 0.458 e. The predicted molar refractivity (Wildman–Crippen MR) is 104 cm³/mol. The molecule has 0 N–H and O–H groups in total. The van der Waals surface area contributed by atoms with E-state index in [1.165, 1.54) is 11.3 Å². The number of carbonyl (C=O) groups excluding carboxylic acids is 2. The fourth-order valence-corrected chi connectivity index (χ4v) is 4.36. The van der Waals surface area contributed by atoms with Crippen LogP contribution in [0.5, 0.6) is 0 Å². The van der Waals surface area contributed by atoms with Gasteiger partial charge < -0.3 is 4.74 Å². The third-order valence-corrected chi connectivity index (χ3v) is 5.94. The number of nitrogens with zero attached hydrogens (tertiary/aromatic N) is 3. The molecule has 0 bridgehead atoms. The van der Waals surface area contributed by atoms with Crippen molar-refractivity contribution in [1.82, 2.24) is 9.97 Å². The van der Waals surface area contributed by atoms with Gasteiger partial charge in [0.1, 0.15) is 5.01 Å². The van der Waals surface area contributed by atoms with Crippen molar-refractivity contribution in [1.29, 1.82) is 5.26 Å². The quantitative estimate of drug-likeness (QED) is 0.535. The lowest BCUT2D eigenvalue weighted by molar-refractivity contribution is -0.148. The van der Waals surface area contributed by atoms with Crippen LogP contribution in [0.1, 0.15) is 34.5 Å². The van der Waals surface area contributed by atoms with Crippen molar-refractivity contribution in [3.05, 3.63) is 45.4 Å². The number of aryl methyl sites for hydroxylation is 2. The summed E-state index contributed by atoms with van der Waals surface area (Å²) in [6.07, 6.45) is 1.48. The van der Waals surface area contributed by atoms with Gasteiger partial charge in [-0.1, -0.05) is 12.1 Å². The van der Waals surface area contributed by atoms with Gasteiger partial charge in [-0.2, -0.15) is 5.26 Å². The number of esters is 1. The van der Waals surface area contributed by atoms with E-state index in [4.69, 9.17) is 4.74 Å². The molecule has 8 heteroatoms. The highest BCUT2D eigenvalue weighted by Crippen LogP contribution is 2.23. The fourth-order valence-electron chi connectivity index (χ4n) is 2.49. The number of carbonyl (C=O) groups is 2. The first-order valence-corrected chi connectivity index (χ1v) is 10.1. The summed E-state index contributed by atoms with van der Waals surface area (Å²) in [5.74, 6) is -1.89. The minimum absolute atomic E-state index is 0.205. The number of rotatable bonds is 8. The van der Waals surface area contributed by atoms with Crippen LogP contribution in [0.2, 0.25) is 0 Å². The van der Waals surface area contributed by atoms with E-state index in [0.717, 1.165) is 20.9 Å². The normalized spacial score (nSPS) is 11.9. The Kier molecular flexibility index (Phi) is 6.27. The van der Waals surface area contributed by atoms with Gasteiger partial charge >= 0.3 is 5.97 Å². The molecule has 6 nitrogen and oxygen atoms in total. The van der Waals surface area contributed by atoms with E-state index < -0.39 is 24.3 Å². The zero-order chi connectivity index (χ0) is 19.2. The molecular weight excluding hydrogens is 382 g/mol. The zero-order valence-electron chi connectivity index (χ0n) is 14.7. The fraction of sp³-hybridized carbons (Fsp3) is 0.316. The van der Waals surface area contributed by atoms with Crippen LogP contribution in [0.3, 0.4) is 0 Å². The smallest absolute Gasteiger partial charge is 0.306 e. The van der Waals surface area contributed by atoms with Gasteiger partial charge in [-0.15, -0.1) is 22.7 Å². The molecule has 0 unspecified atom stereocenters. The first-order valence-electron chi connectivity index (χ1n) is 8.41. The topological polar surface area (TPSA) is 92.9 Å². The summed E-state index contributed by atoms with van der Waals surface area (Å²) >= 11 is 2.87. The molecule has 0 amide bonds. The van der Waals surface area contributed by atoms with Gasteiger partial charge in [0.05, 0.1) is 21.3 Å². The van der Waals surface area contributed by atoms with Crippen molar-refractivity contribution in [3.8, 4) is 6.07 Å². The molecule has 138 valence electrons. The van der Waals surface area contributed by atoms with Gasteiger partial charge in [0.2, 0.25) is 0 Å². The number of aromatic nitrogens is 2. The van der Waals surface area contributed by atoms with Crippen LogP contribution in [0.25, 0.3) is 10.2 Å². The highest BCUT2D eigenvalue weighted by molar-refractivity contribution is 7.18. The van der Waals surface area contributed by atoms with Gasteiger partial charge in [0, 0.05) is 17.5 Å². The highest BCUT2D eigenvalue weighted by Gasteiger charge is 2.24. The molecule has 0 fully saturated rings. The van der Waals surface area contributed by atoms with Gasteiger partial charge in [0.25, 0.3) is 0 Å². The Bertz CT molecular complexity index is 970. The second-order valence-corrected chi connectivity index (χ2v) is 7.95. The lowest BCUT2D eigenvalue weighted by Crippen LogP contribution is -2.19. The molecule has 0 saturated heterocycles. The number of ether oxygens (including phenoxy) is 1. The van der Waals surface area contributed by atoms with Crippen LogP contribution in [-0.4, -0.2) is 28.3 Å². The van der Waals surface area contributed by atoms with E-state index in [-0.39, 0.29) is 6.42 Å². The maximum absolute atomic E-state index is 12.1. The number of thiazole rings is 2. The molecule has 0 spiro atoms. The molecular formula is C19H17N3O3S2. The molecule has 0 aliphatic carbocycles. The molecule has 2 aromatic heterocycles. The zero-order valence-corrected chi connectivity index (χ0v) is 16.3. The van der Waals surface area contributed by atoms with Crippen molar-refractivity contribution >= 4 is 44.6 Å². The number of ketones is 1. The summed E-state index contributed by atoms with van der Waals surface area (Å²) in [5, 5.41) is 12.4. The molecule has 2 heterocycles. The molecule has 0 aliphatic heterocycles. The summed E-state index contributed by atoms with van der Waals surface area (Å²) in [4.78, 5) is 32.7. The van der Waals surface area contributed by atoms with E-state index in [2.05, 4.69) is 9.97 Å². The number of hydrogen-bond donors (Lipinski definition) is 0. The standard InChI is InChI=1S/C19H17N3O3S2/c1-12-11-26-19(21-12)13(9-20)15(23)10-25-18(24)8-4-7-17-22-14-5-2-3-6-16(14)27-17/h2-3,5-6,11,13H,4,7-8,10H2,1H3/t13-/m1/s1. The maximum atomic E-state index is 12.1. The number of fused-ring (bicyclic) bond motifs is 1. The molecule has 3 rings (SSSR count). The van der Waals surface area contributed by atoms with E-state index in [9.17, 15) is 14.9 Å². The van der Waals surface area contributed by atoms with Crippen LogP contribution in [0.15, 0.2) is 29.6 Å². The van der Waals surface area contributed by atoms with Crippen LogP contribution in [0, 0.1) is 18.3 Å². The SMILES string of the molecule is Cc1csc([C@H](C#N)C(=O)COC(=O)CCCc2nc3ccccc3s2)n1. The van der Waals surface area contributed by atoms with Crippen molar-refractivity contribution in [2.45, 2.75) is 32.1 Å². The summed E-state index contributed by atoms with van der Waals surface area (Å²) in [7, 11) is 0. The Balaban J connectivity index is 1.43. The number of nitriles is 1. The molecule has 1 atom stereocenters. The summed E-state index contributed by atoms with van der Waals surface area (Å²) in [5.41, 5.74) is 1.72. The maximum Gasteiger partial charge on any atom is 0.306 e. The molecule has 3 aromatic rings. The molecule has 0 aliphatic rings. The van der Waals surface area contributed by atoms with Gasteiger partial charge in [-0.3, -0.25) is 9.59 Å². The second-order valence-electron chi connectivity index (χ2n) is 5.95. The summed E-state index contributed by atoms with van der Waals surface area (Å²) < 4.78 is 6.16. The lowest BCUT2D eigenvalue weighted by atomic mass is 10.1. The van der Waals surface area contributed by atoms with E-state index >= 15 is 0 Å². The van der Waals surface area contributed by atoms with Gasteiger partial charge in [-0.05, 0) is 31.9 Å². The minimum atomic E-state index is -0.987. The number of benzene rings is 1. The Morgan fingerprint density at radius 3 is 2.81 bits per heavy atom. The van der Waals surface area contributed by atoms with E-state index in [0.29, 0.717) is 17.8 Å². The Morgan fingerprint density at radius 1 is 1.30 bits per heavy atom. The molecule has 1 aromatic carbocycles. The Hall–Kier alpha value is -2.63. The molecule has 27 heavy (non-hydrogen) atoms. The number of hydrogen-bond acceptors (Lipinski definition) is 8. The number of Topliss-reactive ketones (excluding diaryl/α,β-unsaturated/α-hetero) is 1. The molecule has 0 radical (unpaired) electrons. The monoisotopic (exact) mass is 399 g/mol. The highest BCUT2D eigenvalue weighted by atomic mass is 32.1. The van der Waals surface area contributed by atoms with Crippen LogP contribution >= 0.6 is 22.7 Å². The van der Waals surface area contributed by atoms with Gasteiger partial charge in [-0.25, -0.2) is 9.97 Å². The minimum Gasteiger partial charge on any atom is -0.458 e. The lowest BCUT2D eigenvalue weighted by Gasteiger charge is -2.06. The Labute approximate surface area is 164 Å². The third-order valence-electron chi connectivity index (χ3n) is 3.82. The average molecular weight is 399 g/mol.